The van der Waals surface area contributed by atoms with Crippen LogP contribution in [0.25, 0.3) is 0 Å². The topological polar surface area (TPSA) is 83.6 Å². The molecular formula is C13H16N2O3. The average Bonchev–Trinajstić information content (AvgIpc) is 2.77. The van der Waals surface area contributed by atoms with Crippen LogP contribution in [0.3, 0.4) is 0 Å². The number of hydrogen-bond donors (Lipinski definition) is 2. The van der Waals surface area contributed by atoms with Crippen molar-refractivity contribution in [3.05, 3.63) is 29.3 Å². The number of aromatic hydroxyl groups is 1. The predicted octanol–water partition coefficient (Wildman–Crippen LogP) is 0.791. The highest BCUT2D eigenvalue weighted by molar-refractivity contribution is 5.99. The summed E-state index contributed by atoms with van der Waals surface area (Å²) in [5.41, 5.74) is 6.36. The lowest BCUT2D eigenvalue weighted by atomic mass is 10.1. The van der Waals surface area contributed by atoms with Gasteiger partial charge in [0.15, 0.2) is 0 Å². The highest BCUT2D eigenvalue weighted by Crippen LogP contribution is 2.25. The van der Waals surface area contributed by atoms with Crippen molar-refractivity contribution in [2.75, 3.05) is 6.54 Å². The predicted molar refractivity (Wildman–Crippen MR) is 66.1 cm³/mol. The highest BCUT2D eigenvalue weighted by Gasteiger charge is 2.33. The fourth-order valence-electron chi connectivity index (χ4n) is 2.28. The van der Waals surface area contributed by atoms with E-state index >= 15 is 0 Å². The number of nitrogens with zero attached hydrogens (tertiary/aromatic N) is 1. The molecule has 2 rings (SSSR count). The minimum Gasteiger partial charge on any atom is -0.507 e. The molecule has 1 saturated heterocycles. The SMILES string of the molecule is Cc1ccc(C(=O)N2CCCC2C(N)=O)c(O)c1. The van der Waals surface area contributed by atoms with Gasteiger partial charge in [-0.05, 0) is 37.5 Å². The highest BCUT2D eigenvalue weighted by atomic mass is 16.3. The number of hydrogen-bond acceptors (Lipinski definition) is 3. The van der Waals surface area contributed by atoms with E-state index in [0.29, 0.717) is 13.0 Å². The van der Waals surface area contributed by atoms with Crippen molar-refractivity contribution in [3.63, 3.8) is 0 Å². The summed E-state index contributed by atoms with van der Waals surface area (Å²) in [6, 6.07) is 4.30. The third-order valence-corrected chi connectivity index (χ3v) is 3.23. The van der Waals surface area contributed by atoms with Crippen LogP contribution >= 0.6 is 0 Å². The van der Waals surface area contributed by atoms with Crippen molar-refractivity contribution < 1.29 is 14.7 Å². The number of aryl methyl sites for hydroxylation is 1. The molecule has 0 bridgehead atoms. The first kappa shape index (κ1) is 12.4. The number of likely N-dealkylation sites (tertiary alicyclic amines) is 1. The number of phenols is 1. The van der Waals surface area contributed by atoms with Crippen molar-refractivity contribution >= 4 is 11.8 Å². The molecule has 3 N–H and O–H groups in total. The first-order valence-electron chi connectivity index (χ1n) is 5.90. The van der Waals surface area contributed by atoms with Crippen LogP contribution in [-0.4, -0.2) is 34.4 Å². The molecule has 1 aromatic rings. The molecule has 0 saturated carbocycles. The molecule has 5 nitrogen and oxygen atoms in total. The number of rotatable bonds is 2. The van der Waals surface area contributed by atoms with Gasteiger partial charge in [-0.1, -0.05) is 6.07 Å². The quantitative estimate of drug-likeness (QED) is 0.811. The van der Waals surface area contributed by atoms with Gasteiger partial charge in [-0.2, -0.15) is 0 Å². The molecule has 1 unspecified atom stereocenters. The molecule has 0 aliphatic carbocycles. The Bertz CT molecular complexity index is 499. The van der Waals surface area contributed by atoms with Gasteiger partial charge in [0.2, 0.25) is 5.91 Å². The molecule has 0 radical (unpaired) electrons. The molecule has 1 atom stereocenters. The van der Waals surface area contributed by atoms with E-state index in [9.17, 15) is 14.7 Å². The molecule has 2 amide bonds. The van der Waals surface area contributed by atoms with Gasteiger partial charge in [-0.25, -0.2) is 0 Å². The molecule has 1 aliphatic heterocycles. The van der Waals surface area contributed by atoms with Crippen molar-refractivity contribution in [1.82, 2.24) is 4.90 Å². The second-order valence-electron chi connectivity index (χ2n) is 4.58. The maximum Gasteiger partial charge on any atom is 0.258 e. The van der Waals surface area contributed by atoms with Gasteiger partial charge >= 0.3 is 0 Å². The zero-order chi connectivity index (χ0) is 13.3. The molecule has 0 spiro atoms. The Kier molecular flexibility index (Phi) is 3.23. The smallest absolute Gasteiger partial charge is 0.258 e. The summed E-state index contributed by atoms with van der Waals surface area (Å²) >= 11 is 0. The van der Waals surface area contributed by atoms with Gasteiger partial charge in [-0.15, -0.1) is 0 Å². The number of amides is 2. The van der Waals surface area contributed by atoms with Crippen LogP contribution < -0.4 is 5.73 Å². The molecular weight excluding hydrogens is 232 g/mol. The van der Waals surface area contributed by atoms with Crippen LogP contribution in [0.15, 0.2) is 18.2 Å². The number of carbonyl (C=O) groups excluding carboxylic acids is 2. The van der Waals surface area contributed by atoms with Gasteiger partial charge in [0, 0.05) is 6.54 Å². The molecule has 1 fully saturated rings. The van der Waals surface area contributed by atoms with E-state index in [1.54, 1.807) is 12.1 Å². The third kappa shape index (κ3) is 2.16. The molecule has 96 valence electrons. The van der Waals surface area contributed by atoms with Gasteiger partial charge in [0.05, 0.1) is 5.56 Å². The lowest BCUT2D eigenvalue weighted by Crippen LogP contribution is -2.43. The van der Waals surface area contributed by atoms with Crippen molar-refractivity contribution in [3.8, 4) is 5.75 Å². The molecule has 0 aromatic heterocycles. The van der Waals surface area contributed by atoms with E-state index in [0.717, 1.165) is 12.0 Å². The Morgan fingerprint density at radius 3 is 2.78 bits per heavy atom. The summed E-state index contributed by atoms with van der Waals surface area (Å²) in [5, 5.41) is 9.78. The normalized spacial score (nSPS) is 18.9. The van der Waals surface area contributed by atoms with Gasteiger partial charge < -0.3 is 15.7 Å². The summed E-state index contributed by atoms with van der Waals surface area (Å²) < 4.78 is 0. The van der Waals surface area contributed by atoms with Gasteiger partial charge in [0.1, 0.15) is 11.8 Å². The third-order valence-electron chi connectivity index (χ3n) is 3.23. The largest absolute Gasteiger partial charge is 0.507 e. The first-order chi connectivity index (χ1) is 8.50. The van der Waals surface area contributed by atoms with Crippen LogP contribution in [0.2, 0.25) is 0 Å². The maximum atomic E-state index is 12.3. The summed E-state index contributed by atoms with van der Waals surface area (Å²) in [6.07, 6.45) is 1.35. The minimum absolute atomic E-state index is 0.0601. The average molecular weight is 248 g/mol. The molecule has 18 heavy (non-hydrogen) atoms. The Balaban J connectivity index is 2.28. The number of primary amides is 1. The lowest BCUT2D eigenvalue weighted by Gasteiger charge is -2.22. The van der Waals surface area contributed by atoms with Gasteiger partial charge in [-0.3, -0.25) is 9.59 Å². The van der Waals surface area contributed by atoms with Crippen LogP contribution in [0, 0.1) is 6.92 Å². The number of nitrogens with two attached hydrogens (primary N) is 1. The summed E-state index contributed by atoms with van der Waals surface area (Å²) in [6.45, 7) is 2.33. The zero-order valence-corrected chi connectivity index (χ0v) is 10.2. The Morgan fingerprint density at radius 1 is 1.44 bits per heavy atom. The second-order valence-corrected chi connectivity index (χ2v) is 4.58. The van der Waals surface area contributed by atoms with Gasteiger partial charge in [0.25, 0.3) is 5.91 Å². The fraction of sp³-hybridized carbons (Fsp3) is 0.385. The standard InChI is InChI=1S/C13H16N2O3/c1-8-4-5-9(11(16)7-8)13(18)15-6-2-3-10(15)12(14)17/h4-5,7,10,16H,2-3,6H2,1H3,(H2,14,17). The Labute approximate surface area is 105 Å². The minimum atomic E-state index is -0.557. The number of carbonyl (C=O) groups is 2. The van der Waals surface area contributed by atoms with E-state index < -0.39 is 11.9 Å². The van der Waals surface area contributed by atoms with E-state index in [1.807, 2.05) is 6.92 Å². The lowest BCUT2D eigenvalue weighted by molar-refractivity contribution is -0.121. The summed E-state index contributed by atoms with van der Waals surface area (Å²) in [4.78, 5) is 24.9. The monoisotopic (exact) mass is 248 g/mol. The Morgan fingerprint density at radius 2 is 2.17 bits per heavy atom. The van der Waals surface area contributed by atoms with Crippen LogP contribution in [0.5, 0.6) is 5.75 Å². The summed E-state index contributed by atoms with van der Waals surface area (Å²) in [7, 11) is 0. The maximum absolute atomic E-state index is 12.3. The van der Waals surface area contributed by atoms with Crippen LogP contribution in [0.1, 0.15) is 28.8 Å². The van der Waals surface area contributed by atoms with Crippen LogP contribution in [-0.2, 0) is 4.79 Å². The van der Waals surface area contributed by atoms with Crippen molar-refractivity contribution in [1.29, 1.82) is 0 Å². The van der Waals surface area contributed by atoms with Crippen molar-refractivity contribution in [2.24, 2.45) is 5.73 Å². The molecule has 1 aliphatic rings. The van der Waals surface area contributed by atoms with E-state index in [4.69, 9.17) is 5.73 Å². The fourth-order valence-corrected chi connectivity index (χ4v) is 2.28. The molecule has 5 heteroatoms. The number of benzene rings is 1. The summed E-state index contributed by atoms with van der Waals surface area (Å²) in [5.74, 6) is -0.892. The molecule has 1 aromatic carbocycles. The van der Waals surface area contributed by atoms with E-state index in [-0.39, 0.29) is 17.2 Å². The number of phenolic OH excluding ortho intramolecular Hbond substituents is 1. The van der Waals surface area contributed by atoms with E-state index in [2.05, 4.69) is 0 Å². The zero-order valence-electron chi connectivity index (χ0n) is 10.2. The first-order valence-corrected chi connectivity index (χ1v) is 5.90. The Hall–Kier alpha value is -2.04. The second kappa shape index (κ2) is 4.68. The van der Waals surface area contributed by atoms with E-state index in [1.165, 1.54) is 11.0 Å². The van der Waals surface area contributed by atoms with Crippen LogP contribution in [0.4, 0.5) is 0 Å². The van der Waals surface area contributed by atoms with Crippen molar-refractivity contribution in [2.45, 2.75) is 25.8 Å². The molecule has 1 heterocycles.